The van der Waals surface area contributed by atoms with Gasteiger partial charge in [-0.15, -0.1) is 11.3 Å². The molecule has 0 aliphatic carbocycles. The van der Waals surface area contributed by atoms with Crippen LogP contribution in [0.1, 0.15) is 23.3 Å². The summed E-state index contributed by atoms with van der Waals surface area (Å²) in [5, 5.41) is 19.9. The van der Waals surface area contributed by atoms with Gasteiger partial charge in [-0.25, -0.2) is 0 Å². The van der Waals surface area contributed by atoms with E-state index in [4.69, 9.17) is 10.5 Å². The molecule has 0 spiro atoms. The molecule has 0 aliphatic heterocycles. The average Bonchev–Trinajstić information content (AvgIpc) is 2.69. The third kappa shape index (κ3) is 3.75. The predicted octanol–water partition coefficient (Wildman–Crippen LogP) is 3.98. The molecule has 2 nitrogen and oxygen atoms in total. The highest BCUT2D eigenvalue weighted by atomic mass is 32.1. The summed E-state index contributed by atoms with van der Waals surface area (Å²) in [7, 11) is 0. The van der Waals surface area contributed by atoms with Gasteiger partial charge < -0.3 is 0 Å². The summed E-state index contributed by atoms with van der Waals surface area (Å²) in [6.07, 6.45) is -5.89. The van der Waals surface area contributed by atoms with E-state index in [2.05, 4.69) is 0 Å². The van der Waals surface area contributed by atoms with Crippen molar-refractivity contribution in [3.05, 3.63) is 21.9 Å². The quantitative estimate of drug-likeness (QED) is 0.832. The summed E-state index contributed by atoms with van der Waals surface area (Å²) < 4.78 is 36.6. The van der Waals surface area contributed by atoms with Gasteiger partial charge in [-0.3, -0.25) is 0 Å². The summed E-state index contributed by atoms with van der Waals surface area (Å²) >= 11 is 1.36. The lowest BCUT2D eigenvalue weighted by molar-refractivity contribution is -0.138. The van der Waals surface area contributed by atoms with Crippen LogP contribution in [0.5, 0.6) is 0 Å². The Morgan fingerprint density at radius 2 is 1.83 bits per heavy atom. The van der Waals surface area contributed by atoms with E-state index in [0.717, 1.165) is 10.4 Å². The summed E-state index contributed by atoms with van der Waals surface area (Å²) in [6.45, 7) is 1.81. The predicted molar refractivity (Wildman–Crippen MR) is 61.7 cm³/mol. The number of alkyl halides is 3. The maximum Gasteiger partial charge on any atom is 0.389 e. The molecule has 0 saturated carbocycles. The van der Waals surface area contributed by atoms with Gasteiger partial charge in [0.25, 0.3) is 0 Å². The zero-order valence-electron chi connectivity index (χ0n) is 9.71. The Kier molecular flexibility index (Phi) is 4.37. The van der Waals surface area contributed by atoms with Crippen molar-refractivity contribution < 1.29 is 13.2 Å². The number of halogens is 3. The fourth-order valence-electron chi connectivity index (χ4n) is 1.52. The smallest absolute Gasteiger partial charge is 0.197 e. The number of hydrogen-bond acceptors (Lipinski definition) is 3. The molecule has 18 heavy (non-hydrogen) atoms. The van der Waals surface area contributed by atoms with Gasteiger partial charge in [0.15, 0.2) is 0 Å². The van der Waals surface area contributed by atoms with E-state index < -0.39 is 24.4 Å². The van der Waals surface area contributed by atoms with Gasteiger partial charge in [0.2, 0.25) is 0 Å². The number of hydrogen-bond donors (Lipinski definition) is 0. The van der Waals surface area contributed by atoms with Crippen LogP contribution < -0.4 is 0 Å². The molecule has 96 valence electrons. The Morgan fingerprint density at radius 3 is 2.22 bits per heavy atom. The van der Waals surface area contributed by atoms with E-state index in [0.29, 0.717) is 0 Å². The van der Waals surface area contributed by atoms with Crippen LogP contribution >= 0.6 is 11.3 Å². The molecular formula is C12H11F3N2S. The molecule has 1 aromatic heterocycles. The second kappa shape index (κ2) is 5.41. The molecule has 0 amide bonds. The highest BCUT2D eigenvalue weighted by Crippen LogP contribution is 2.35. The molecule has 1 heterocycles. The molecule has 6 heteroatoms. The van der Waals surface area contributed by atoms with Gasteiger partial charge in [0.05, 0.1) is 12.1 Å². The van der Waals surface area contributed by atoms with Crippen LogP contribution in [0.15, 0.2) is 11.4 Å². The topological polar surface area (TPSA) is 47.6 Å². The molecule has 0 N–H and O–H groups in total. The second-order valence-corrected chi connectivity index (χ2v) is 5.13. The van der Waals surface area contributed by atoms with Crippen molar-refractivity contribution in [2.45, 2.75) is 32.4 Å². The summed E-state index contributed by atoms with van der Waals surface area (Å²) in [5.41, 5.74) is -0.688. The van der Waals surface area contributed by atoms with Crippen LogP contribution in [-0.4, -0.2) is 6.18 Å². The van der Waals surface area contributed by atoms with Gasteiger partial charge >= 0.3 is 6.18 Å². The molecule has 0 unspecified atom stereocenters. The molecule has 0 fully saturated rings. The lowest BCUT2D eigenvalue weighted by atomic mass is 9.82. The lowest BCUT2D eigenvalue weighted by Gasteiger charge is -2.19. The number of nitrogens with zero attached hydrogens (tertiary/aromatic N) is 2. The molecule has 0 radical (unpaired) electrons. The fourth-order valence-corrected chi connectivity index (χ4v) is 2.54. The van der Waals surface area contributed by atoms with Crippen LogP contribution in [-0.2, 0) is 6.42 Å². The molecule has 0 saturated heterocycles. The van der Waals surface area contributed by atoms with E-state index in [-0.39, 0.29) is 6.42 Å². The number of aryl methyl sites for hydroxylation is 1. The Morgan fingerprint density at radius 1 is 1.22 bits per heavy atom. The van der Waals surface area contributed by atoms with Gasteiger partial charge in [0.1, 0.15) is 5.41 Å². The minimum absolute atomic E-state index is 0.0551. The first kappa shape index (κ1) is 14.5. The maximum atomic E-state index is 12.2. The average molecular weight is 272 g/mol. The molecule has 0 atom stereocenters. The zero-order valence-corrected chi connectivity index (χ0v) is 10.5. The van der Waals surface area contributed by atoms with Crippen molar-refractivity contribution >= 4 is 11.3 Å². The van der Waals surface area contributed by atoms with E-state index in [1.54, 1.807) is 17.5 Å². The minimum atomic E-state index is -4.34. The standard InChI is InChI=1S/C12H11F3N2S/c1-9-2-5-18-10(9)6-11(7-16,8-17)3-4-12(13,14)15/h2,5H,3-4,6H2,1H3. The number of rotatable bonds is 4. The van der Waals surface area contributed by atoms with Gasteiger partial charge in [-0.05, 0) is 30.4 Å². The van der Waals surface area contributed by atoms with Gasteiger partial charge in [0, 0.05) is 17.7 Å². The molecule has 0 bridgehead atoms. The van der Waals surface area contributed by atoms with Crippen molar-refractivity contribution in [1.82, 2.24) is 0 Å². The minimum Gasteiger partial charge on any atom is -0.197 e. The maximum absolute atomic E-state index is 12.2. The van der Waals surface area contributed by atoms with Crippen LogP contribution in [0, 0.1) is 35.0 Å². The third-order valence-electron chi connectivity index (χ3n) is 2.69. The van der Waals surface area contributed by atoms with E-state index in [1.807, 2.05) is 13.0 Å². The van der Waals surface area contributed by atoms with Gasteiger partial charge in [-0.2, -0.15) is 23.7 Å². The molecule has 0 aliphatic rings. The summed E-state index contributed by atoms with van der Waals surface area (Å²) in [6, 6.07) is 5.32. The van der Waals surface area contributed by atoms with Crippen molar-refractivity contribution in [2.24, 2.45) is 5.41 Å². The van der Waals surface area contributed by atoms with Crippen molar-refractivity contribution in [3.8, 4) is 12.1 Å². The first-order valence-corrected chi connectivity index (χ1v) is 6.12. The Balaban J connectivity index is 2.86. The summed E-state index contributed by atoms with van der Waals surface area (Å²) in [5.74, 6) is 0. The van der Waals surface area contributed by atoms with Crippen LogP contribution in [0.4, 0.5) is 13.2 Å². The highest BCUT2D eigenvalue weighted by Gasteiger charge is 2.37. The van der Waals surface area contributed by atoms with Crippen molar-refractivity contribution in [3.63, 3.8) is 0 Å². The zero-order chi connectivity index (χ0) is 13.8. The first-order chi connectivity index (χ1) is 8.32. The van der Waals surface area contributed by atoms with Crippen molar-refractivity contribution in [2.75, 3.05) is 0 Å². The molecular weight excluding hydrogens is 261 g/mol. The molecule has 0 aromatic carbocycles. The van der Waals surface area contributed by atoms with E-state index in [9.17, 15) is 13.2 Å². The largest absolute Gasteiger partial charge is 0.389 e. The molecule has 1 rings (SSSR count). The number of nitriles is 2. The normalized spacial score (nSPS) is 11.9. The highest BCUT2D eigenvalue weighted by molar-refractivity contribution is 7.10. The lowest BCUT2D eigenvalue weighted by Crippen LogP contribution is -2.23. The van der Waals surface area contributed by atoms with E-state index >= 15 is 0 Å². The van der Waals surface area contributed by atoms with Crippen LogP contribution in [0.3, 0.4) is 0 Å². The summed E-state index contributed by atoms with van der Waals surface area (Å²) in [4.78, 5) is 0.792. The Labute approximate surface area is 107 Å². The van der Waals surface area contributed by atoms with Crippen molar-refractivity contribution in [1.29, 1.82) is 10.5 Å². The Bertz CT molecular complexity index is 477. The van der Waals surface area contributed by atoms with Gasteiger partial charge in [-0.1, -0.05) is 0 Å². The fraction of sp³-hybridized carbons (Fsp3) is 0.500. The SMILES string of the molecule is Cc1ccsc1CC(C#N)(C#N)CCC(F)(F)F. The molecule has 1 aromatic rings. The number of thiophene rings is 1. The monoisotopic (exact) mass is 272 g/mol. The first-order valence-electron chi connectivity index (χ1n) is 5.24. The van der Waals surface area contributed by atoms with E-state index in [1.165, 1.54) is 11.3 Å². The van der Waals surface area contributed by atoms with Crippen LogP contribution in [0.25, 0.3) is 0 Å². The van der Waals surface area contributed by atoms with Crippen LogP contribution in [0.2, 0.25) is 0 Å². The second-order valence-electron chi connectivity index (χ2n) is 4.12. The third-order valence-corrected chi connectivity index (χ3v) is 3.72. The Hall–Kier alpha value is -1.53.